The van der Waals surface area contributed by atoms with Crippen LogP contribution in [0, 0.1) is 0 Å². The van der Waals surface area contributed by atoms with Crippen molar-refractivity contribution in [1.82, 2.24) is 15.5 Å². The lowest BCUT2D eigenvalue weighted by molar-refractivity contribution is 0.0937. The van der Waals surface area contributed by atoms with Gasteiger partial charge in [-0.25, -0.2) is 0 Å². The van der Waals surface area contributed by atoms with Gasteiger partial charge in [0.05, 0.1) is 0 Å². The Hall–Kier alpha value is -3.21. The van der Waals surface area contributed by atoms with Crippen molar-refractivity contribution < 1.29 is 4.79 Å². The van der Waals surface area contributed by atoms with E-state index in [1.807, 2.05) is 68.4 Å². The lowest BCUT2D eigenvalue weighted by atomic mass is 10.2. The molecule has 0 saturated carbocycles. The van der Waals surface area contributed by atoms with Gasteiger partial charge in [0, 0.05) is 18.3 Å². The number of nitrogens with one attached hydrogen (secondary N) is 1. The van der Waals surface area contributed by atoms with E-state index < -0.39 is 0 Å². The first-order valence-electron chi connectivity index (χ1n) is 8.64. The first-order chi connectivity index (χ1) is 12.6. The Morgan fingerprint density at radius 2 is 1.58 bits per heavy atom. The Balaban J connectivity index is 1.88. The average molecular weight is 346 g/mol. The summed E-state index contributed by atoms with van der Waals surface area (Å²) in [7, 11) is 0. The van der Waals surface area contributed by atoms with E-state index in [4.69, 9.17) is 0 Å². The second-order valence-electron chi connectivity index (χ2n) is 6.31. The highest BCUT2D eigenvalue weighted by molar-refractivity contribution is 5.92. The zero-order chi connectivity index (χ0) is 18.4. The number of carbonyl (C=O) groups is 1. The monoisotopic (exact) mass is 346 g/mol. The molecule has 0 aliphatic rings. The fourth-order valence-corrected chi connectivity index (χ4v) is 2.60. The molecule has 2 aromatic carbocycles. The Kier molecular flexibility index (Phi) is 5.59. The lowest BCUT2D eigenvalue weighted by Gasteiger charge is -2.23. The first-order valence-corrected chi connectivity index (χ1v) is 8.64. The standard InChI is InChI=1S/C21H22N4O/c1-16(2)22-21(26)19-13-14-20(24-23-19)25(18-11-7-4-8-12-18)15-17-9-5-3-6-10-17/h3-14,16H,15H2,1-2H3,(H,22,26). The minimum Gasteiger partial charge on any atom is -0.348 e. The van der Waals surface area contributed by atoms with Gasteiger partial charge in [-0.2, -0.15) is 0 Å². The predicted octanol–water partition coefficient (Wildman–Crippen LogP) is 3.95. The fraction of sp³-hybridized carbons (Fsp3) is 0.190. The summed E-state index contributed by atoms with van der Waals surface area (Å²) in [5.41, 5.74) is 2.50. The summed E-state index contributed by atoms with van der Waals surface area (Å²) in [6.45, 7) is 4.49. The van der Waals surface area contributed by atoms with Crippen LogP contribution in [0.1, 0.15) is 29.9 Å². The quantitative estimate of drug-likeness (QED) is 0.734. The number of benzene rings is 2. The molecule has 3 aromatic rings. The van der Waals surface area contributed by atoms with Crippen molar-refractivity contribution in [2.45, 2.75) is 26.4 Å². The van der Waals surface area contributed by atoms with E-state index in [0.717, 1.165) is 5.69 Å². The second-order valence-corrected chi connectivity index (χ2v) is 6.31. The van der Waals surface area contributed by atoms with Gasteiger partial charge in [0.25, 0.3) is 5.91 Å². The normalized spacial score (nSPS) is 10.6. The van der Waals surface area contributed by atoms with Gasteiger partial charge in [-0.1, -0.05) is 48.5 Å². The van der Waals surface area contributed by atoms with Crippen LogP contribution in [0.15, 0.2) is 72.8 Å². The molecule has 0 radical (unpaired) electrons. The van der Waals surface area contributed by atoms with Gasteiger partial charge < -0.3 is 10.2 Å². The highest BCUT2D eigenvalue weighted by Gasteiger charge is 2.14. The van der Waals surface area contributed by atoms with E-state index in [9.17, 15) is 4.79 Å². The molecule has 0 atom stereocenters. The second kappa shape index (κ2) is 8.25. The van der Waals surface area contributed by atoms with E-state index in [-0.39, 0.29) is 11.9 Å². The summed E-state index contributed by atoms with van der Waals surface area (Å²) in [6.07, 6.45) is 0. The van der Waals surface area contributed by atoms with Crippen LogP contribution < -0.4 is 10.2 Å². The van der Waals surface area contributed by atoms with Crippen LogP contribution in [0.4, 0.5) is 11.5 Å². The summed E-state index contributed by atoms with van der Waals surface area (Å²) in [6, 6.07) is 23.8. The molecule has 1 heterocycles. The molecule has 0 saturated heterocycles. The van der Waals surface area contributed by atoms with Gasteiger partial charge in [-0.05, 0) is 43.7 Å². The molecule has 0 spiro atoms. The Morgan fingerprint density at radius 1 is 0.923 bits per heavy atom. The maximum absolute atomic E-state index is 12.1. The van der Waals surface area contributed by atoms with Crippen LogP contribution in [0.5, 0.6) is 0 Å². The number of aromatic nitrogens is 2. The molecule has 0 fully saturated rings. The SMILES string of the molecule is CC(C)NC(=O)c1ccc(N(Cc2ccccc2)c2ccccc2)nn1. The number of hydrogen-bond acceptors (Lipinski definition) is 4. The number of hydrogen-bond donors (Lipinski definition) is 1. The minimum atomic E-state index is -0.214. The van der Waals surface area contributed by atoms with Crippen molar-refractivity contribution in [2.75, 3.05) is 4.90 Å². The van der Waals surface area contributed by atoms with Crippen LogP contribution in [-0.2, 0) is 6.54 Å². The van der Waals surface area contributed by atoms with Gasteiger partial charge >= 0.3 is 0 Å². The van der Waals surface area contributed by atoms with E-state index >= 15 is 0 Å². The number of carbonyl (C=O) groups excluding carboxylic acids is 1. The maximum atomic E-state index is 12.1. The smallest absolute Gasteiger partial charge is 0.271 e. The molecule has 1 N–H and O–H groups in total. The van der Waals surface area contributed by atoms with E-state index in [0.29, 0.717) is 18.1 Å². The molecule has 0 bridgehead atoms. The molecule has 5 nitrogen and oxygen atoms in total. The molecular weight excluding hydrogens is 324 g/mol. The van der Waals surface area contributed by atoms with E-state index in [1.165, 1.54) is 5.56 Å². The molecular formula is C21H22N4O. The van der Waals surface area contributed by atoms with Crippen molar-refractivity contribution in [2.24, 2.45) is 0 Å². The third-order valence-electron chi connectivity index (χ3n) is 3.83. The van der Waals surface area contributed by atoms with Crippen LogP contribution in [0.25, 0.3) is 0 Å². The van der Waals surface area contributed by atoms with Crippen molar-refractivity contribution in [3.63, 3.8) is 0 Å². The summed E-state index contributed by atoms with van der Waals surface area (Å²) in [5.74, 6) is 0.481. The van der Waals surface area contributed by atoms with Gasteiger partial charge in [-0.15, -0.1) is 10.2 Å². The minimum absolute atomic E-state index is 0.0582. The highest BCUT2D eigenvalue weighted by atomic mass is 16.2. The molecule has 1 amide bonds. The van der Waals surface area contributed by atoms with Crippen LogP contribution in [0.3, 0.4) is 0 Å². The third kappa shape index (κ3) is 4.45. The summed E-state index contributed by atoms with van der Waals surface area (Å²) in [5, 5.41) is 11.2. The number of nitrogens with zero attached hydrogens (tertiary/aromatic N) is 3. The van der Waals surface area contributed by atoms with Crippen molar-refractivity contribution in [3.8, 4) is 0 Å². The highest BCUT2D eigenvalue weighted by Crippen LogP contribution is 2.25. The van der Waals surface area contributed by atoms with Crippen molar-refractivity contribution >= 4 is 17.4 Å². The van der Waals surface area contributed by atoms with E-state index in [2.05, 4.69) is 32.5 Å². The van der Waals surface area contributed by atoms with Gasteiger partial charge in [0.1, 0.15) is 0 Å². The lowest BCUT2D eigenvalue weighted by Crippen LogP contribution is -2.31. The molecule has 0 aliphatic carbocycles. The molecule has 26 heavy (non-hydrogen) atoms. The summed E-state index contributed by atoms with van der Waals surface area (Å²) >= 11 is 0. The summed E-state index contributed by atoms with van der Waals surface area (Å²) in [4.78, 5) is 14.1. The molecule has 5 heteroatoms. The molecule has 0 aliphatic heterocycles. The predicted molar refractivity (Wildman–Crippen MR) is 103 cm³/mol. The zero-order valence-electron chi connectivity index (χ0n) is 15.0. The van der Waals surface area contributed by atoms with Crippen LogP contribution in [0.2, 0.25) is 0 Å². The van der Waals surface area contributed by atoms with Crippen LogP contribution in [-0.4, -0.2) is 22.1 Å². The average Bonchev–Trinajstić information content (AvgIpc) is 2.67. The number of rotatable bonds is 6. The largest absolute Gasteiger partial charge is 0.348 e. The third-order valence-corrected chi connectivity index (χ3v) is 3.83. The number of anilines is 2. The zero-order valence-corrected chi connectivity index (χ0v) is 15.0. The van der Waals surface area contributed by atoms with Crippen LogP contribution >= 0.6 is 0 Å². The first kappa shape index (κ1) is 17.6. The fourth-order valence-electron chi connectivity index (χ4n) is 2.60. The number of amides is 1. The topological polar surface area (TPSA) is 58.1 Å². The van der Waals surface area contributed by atoms with Crippen molar-refractivity contribution in [3.05, 3.63) is 84.1 Å². The Morgan fingerprint density at radius 3 is 2.15 bits per heavy atom. The summed E-state index contributed by atoms with van der Waals surface area (Å²) < 4.78 is 0. The Bertz CT molecular complexity index is 833. The number of para-hydroxylation sites is 1. The molecule has 3 rings (SSSR count). The molecule has 132 valence electrons. The van der Waals surface area contributed by atoms with Gasteiger partial charge in [0.2, 0.25) is 0 Å². The van der Waals surface area contributed by atoms with Gasteiger partial charge in [0.15, 0.2) is 11.5 Å². The molecule has 0 unspecified atom stereocenters. The van der Waals surface area contributed by atoms with E-state index in [1.54, 1.807) is 6.07 Å². The Labute approximate surface area is 153 Å². The molecule has 1 aromatic heterocycles. The van der Waals surface area contributed by atoms with Gasteiger partial charge in [-0.3, -0.25) is 4.79 Å². The van der Waals surface area contributed by atoms with Crippen molar-refractivity contribution in [1.29, 1.82) is 0 Å². The maximum Gasteiger partial charge on any atom is 0.271 e.